The summed E-state index contributed by atoms with van der Waals surface area (Å²) in [7, 11) is 0. The van der Waals surface area contributed by atoms with Gasteiger partial charge < -0.3 is 14.2 Å². The van der Waals surface area contributed by atoms with E-state index in [4.69, 9.17) is 14.2 Å². The summed E-state index contributed by atoms with van der Waals surface area (Å²) in [4.78, 5) is 38.2. The van der Waals surface area contributed by atoms with Crippen molar-refractivity contribution in [2.45, 2.75) is 309 Å². The number of hydrogen-bond donors (Lipinski definition) is 0. The third-order valence-corrected chi connectivity index (χ3v) is 13.2. The van der Waals surface area contributed by atoms with Crippen LogP contribution in [0.15, 0.2) is 72.9 Å². The Morgan fingerprint density at radius 3 is 0.859 bits per heavy atom. The highest BCUT2D eigenvalue weighted by Crippen LogP contribution is 2.15. The molecule has 0 N–H and O–H groups in total. The van der Waals surface area contributed by atoms with Gasteiger partial charge in [-0.3, -0.25) is 14.4 Å². The first-order valence-electron chi connectivity index (χ1n) is 30.4. The smallest absolute Gasteiger partial charge is 0.306 e. The maximum atomic E-state index is 12.9. The summed E-state index contributed by atoms with van der Waals surface area (Å²) >= 11 is 0. The standard InChI is InChI=1S/C65H114O6/c1-4-7-10-13-16-19-22-25-28-30-32-34-37-40-43-46-49-52-55-58-64(67)70-61-62(60-69-63(66)57-54-51-48-45-42-39-36-27-24-21-18-15-12-9-6-3)71-65(68)59-56-53-50-47-44-41-38-35-33-31-29-26-23-20-17-14-11-8-5-2/h17,20-21,24-26,28-29,33,35,41,44,62H,4-16,18-19,22-23,27,30-32,34,36-40,42-43,45-61H2,1-3H3/b20-17-,24-21-,28-25-,29-26-,35-33-,44-41-/t62-/m0/s1. The van der Waals surface area contributed by atoms with Crippen LogP contribution < -0.4 is 0 Å². The van der Waals surface area contributed by atoms with Crippen LogP contribution in [0.2, 0.25) is 0 Å². The molecule has 1 atom stereocenters. The molecule has 71 heavy (non-hydrogen) atoms. The van der Waals surface area contributed by atoms with Gasteiger partial charge in [-0.1, -0.05) is 241 Å². The van der Waals surface area contributed by atoms with Gasteiger partial charge in [0.1, 0.15) is 13.2 Å². The molecule has 0 spiro atoms. The maximum Gasteiger partial charge on any atom is 0.306 e. The van der Waals surface area contributed by atoms with Crippen LogP contribution in [0.4, 0.5) is 0 Å². The van der Waals surface area contributed by atoms with E-state index in [9.17, 15) is 14.4 Å². The molecule has 0 amide bonds. The van der Waals surface area contributed by atoms with Crippen LogP contribution in [0.1, 0.15) is 303 Å². The van der Waals surface area contributed by atoms with Gasteiger partial charge in [0.25, 0.3) is 0 Å². The molecule has 0 aliphatic heterocycles. The first kappa shape index (κ1) is 67.8. The van der Waals surface area contributed by atoms with Crippen LogP contribution in [0.5, 0.6) is 0 Å². The third-order valence-electron chi connectivity index (χ3n) is 13.2. The van der Waals surface area contributed by atoms with Gasteiger partial charge in [0.2, 0.25) is 0 Å². The van der Waals surface area contributed by atoms with E-state index in [1.165, 1.54) is 180 Å². The second-order valence-electron chi connectivity index (χ2n) is 20.2. The van der Waals surface area contributed by atoms with E-state index >= 15 is 0 Å². The second kappa shape index (κ2) is 59.4. The number of esters is 3. The first-order chi connectivity index (χ1) is 35.0. The van der Waals surface area contributed by atoms with Gasteiger partial charge in [-0.2, -0.15) is 0 Å². The van der Waals surface area contributed by atoms with E-state index in [2.05, 4.69) is 93.7 Å². The normalized spacial score (nSPS) is 12.5. The monoisotopic (exact) mass is 991 g/mol. The van der Waals surface area contributed by atoms with E-state index in [0.29, 0.717) is 19.3 Å². The van der Waals surface area contributed by atoms with Gasteiger partial charge in [-0.25, -0.2) is 0 Å². The number of rotatable bonds is 55. The quantitative estimate of drug-likeness (QED) is 0.0261. The Morgan fingerprint density at radius 2 is 0.507 bits per heavy atom. The highest BCUT2D eigenvalue weighted by Gasteiger charge is 2.19. The van der Waals surface area contributed by atoms with Crippen molar-refractivity contribution in [1.82, 2.24) is 0 Å². The summed E-state index contributed by atoms with van der Waals surface area (Å²) in [6, 6.07) is 0. The molecule has 0 aromatic heterocycles. The molecule has 6 nitrogen and oxygen atoms in total. The van der Waals surface area contributed by atoms with Crippen LogP contribution in [0.25, 0.3) is 0 Å². The number of unbranched alkanes of at least 4 members (excludes halogenated alkanes) is 32. The third kappa shape index (κ3) is 57.6. The maximum absolute atomic E-state index is 12.9. The minimum atomic E-state index is -0.795. The fraction of sp³-hybridized carbons (Fsp3) is 0.769. The number of allylic oxidation sites excluding steroid dienone is 12. The van der Waals surface area contributed by atoms with Crippen LogP contribution in [0.3, 0.4) is 0 Å². The van der Waals surface area contributed by atoms with Crippen molar-refractivity contribution < 1.29 is 28.6 Å². The van der Waals surface area contributed by atoms with E-state index in [0.717, 1.165) is 83.5 Å². The molecule has 0 saturated carbocycles. The first-order valence-corrected chi connectivity index (χ1v) is 30.4. The molecule has 410 valence electrons. The van der Waals surface area contributed by atoms with Gasteiger partial charge in [0, 0.05) is 19.3 Å². The van der Waals surface area contributed by atoms with Crippen LogP contribution in [-0.4, -0.2) is 37.2 Å². The van der Waals surface area contributed by atoms with Crippen molar-refractivity contribution in [3.8, 4) is 0 Å². The van der Waals surface area contributed by atoms with Crippen molar-refractivity contribution in [3.63, 3.8) is 0 Å². The summed E-state index contributed by atoms with van der Waals surface area (Å²) in [5.41, 5.74) is 0. The van der Waals surface area contributed by atoms with Crippen LogP contribution in [-0.2, 0) is 28.6 Å². The average Bonchev–Trinajstić information content (AvgIpc) is 3.37. The Morgan fingerprint density at radius 1 is 0.282 bits per heavy atom. The molecule has 0 fully saturated rings. The zero-order valence-corrected chi connectivity index (χ0v) is 47.0. The fourth-order valence-electron chi connectivity index (χ4n) is 8.53. The Balaban J connectivity index is 4.43. The van der Waals surface area contributed by atoms with Crippen molar-refractivity contribution in [1.29, 1.82) is 0 Å². The largest absolute Gasteiger partial charge is 0.462 e. The molecule has 0 saturated heterocycles. The number of carbonyl (C=O) groups excluding carboxylic acids is 3. The van der Waals surface area contributed by atoms with Crippen molar-refractivity contribution in [2.75, 3.05) is 13.2 Å². The molecular formula is C65H114O6. The van der Waals surface area contributed by atoms with E-state index in [-0.39, 0.29) is 31.1 Å². The Bertz CT molecular complexity index is 1320. The second-order valence-corrected chi connectivity index (χ2v) is 20.2. The predicted molar refractivity (Wildman–Crippen MR) is 307 cm³/mol. The van der Waals surface area contributed by atoms with E-state index in [1.807, 2.05) is 0 Å². The topological polar surface area (TPSA) is 78.9 Å². The van der Waals surface area contributed by atoms with Crippen molar-refractivity contribution in [3.05, 3.63) is 72.9 Å². The summed E-state index contributed by atoms with van der Waals surface area (Å²) in [6.07, 6.45) is 76.0. The summed E-state index contributed by atoms with van der Waals surface area (Å²) < 4.78 is 16.9. The minimum absolute atomic E-state index is 0.0897. The van der Waals surface area contributed by atoms with Gasteiger partial charge in [-0.15, -0.1) is 0 Å². The molecule has 0 bridgehead atoms. The molecule has 0 radical (unpaired) electrons. The van der Waals surface area contributed by atoms with Crippen LogP contribution in [0, 0.1) is 0 Å². The fourth-order valence-corrected chi connectivity index (χ4v) is 8.53. The van der Waals surface area contributed by atoms with E-state index in [1.54, 1.807) is 0 Å². The summed E-state index contributed by atoms with van der Waals surface area (Å²) in [6.45, 7) is 6.59. The highest BCUT2D eigenvalue weighted by molar-refractivity contribution is 5.71. The molecule has 0 aliphatic rings. The number of carbonyl (C=O) groups is 3. The molecule has 6 heteroatoms. The van der Waals surface area contributed by atoms with Gasteiger partial charge in [-0.05, 0) is 116 Å². The lowest BCUT2D eigenvalue weighted by Crippen LogP contribution is -2.30. The molecule has 0 rings (SSSR count). The molecule has 0 aromatic rings. The zero-order valence-electron chi connectivity index (χ0n) is 47.0. The van der Waals surface area contributed by atoms with Crippen molar-refractivity contribution in [2.24, 2.45) is 0 Å². The van der Waals surface area contributed by atoms with Gasteiger partial charge >= 0.3 is 17.9 Å². The number of hydrogen-bond acceptors (Lipinski definition) is 6. The minimum Gasteiger partial charge on any atom is -0.462 e. The molecular weight excluding hydrogens is 877 g/mol. The SMILES string of the molecule is CCCCC/C=C\C/C=C\C/C=C\C/C=C\CCCCCC(=O)O[C@@H](COC(=O)CCCCCCCCC/C=C\CCCCCC)COC(=O)CCCCCCCCCCC/C=C\CCCCCCCC. The Labute approximate surface area is 440 Å². The molecule has 0 heterocycles. The summed E-state index contributed by atoms with van der Waals surface area (Å²) in [5, 5.41) is 0. The van der Waals surface area contributed by atoms with Gasteiger partial charge in [0.15, 0.2) is 6.10 Å². The Hall–Kier alpha value is -3.15. The lowest BCUT2D eigenvalue weighted by atomic mass is 10.1. The lowest BCUT2D eigenvalue weighted by Gasteiger charge is -2.18. The zero-order chi connectivity index (χ0) is 51.4. The summed E-state index contributed by atoms with van der Waals surface area (Å²) in [5.74, 6) is -0.916. The predicted octanol–water partition coefficient (Wildman–Crippen LogP) is 20.5. The van der Waals surface area contributed by atoms with Crippen LogP contribution >= 0.6 is 0 Å². The lowest BCUT2D eigenvalue weighted by molar-refractivity contribution is -0.167. The van der Waals surface area contributed by atoms with E-state index < -0.39 is 6.10 Å². The number of ether oxygens (including phenoxy) is 3. The van der Waals surface area contributed by atoms with Crippen molar-refractivity contribution >= 4 is 17.9 Å². The molecule has 0 aliphatic carbocycles. The molecule has 0 aromatic carbocycles. The Kier molecular flexibility index (Phi) is 56.8. The van der Waals surface area contributed by atoms with Gasteiger partial charge in [0.05, 0.1) is 0 Å². The highest BCUT2D eigenvalue weighted by atomic mass is 16.6. The molecule has 0 unspecified atom stereocenters. The average molecular weight is 992 g/mol.